The molecular weight excluding hydrogens is 475 g/mol. The summed E-state index contributed by atoms with van der Waals surface area (Å²) in [6.45, 7) is 10.4. The largest absolute Gasteiger partial charge is 0.357 e. The molecule has 0 aromatic rings. The lowest BCUT2D eigenvalue weighted by Crippen LogP contribution is -2.41. The van der Waals surface area contributed by atoms with Gasteiger partial charge in [-0.1, -0.05) is 26.7 Å². The highest BCUT2D eigenvalue weighted by Crippen LogP contribution is 2.43. The third-order valence-corrected chi connectivity index (χ3v) is 6.97. The third-order valence-electron chi connectivity index (χ3n) is 5.70. The first-order chi connectivity index (χ1) is 12.2. The number of nitrogens with one attached hydrogen (secondary N) is 2. The molecule has 0 amide bonds. The summed E-state index contributed by atoms with van der Waals surface area (Å²) in [5, 5.41) is 6.80. The van der Waals surface area contributed by atoms with Gasteiger partial charge >= 0.3 is 0 Å². The zero-order valence-electron chi connectivity index (χ0n) is 17.5. The number of guanidine groups is 1. The second-order valence-corrected chi connectivity index (χ2v) is 10.6. The second-order valence-electron chi connectivity index (χ2n) is 8.66. The highest BCUT2D eigenvalue weighted by Gasteiger charge is 2.34. The molecule has 1 unspecified atom stereocenters. The summed E-state index contributed by atoms with van der Waals surface area (Å²) in [6, 6.07) is 0. The van der Waals surface area contributed by atoms with Crippen LogP contribution in [0.3, 0.4) is 0 Å². The third kappa shape index (κ3) is 8.04. The molecule has 1 heterocycles. The normalized spacial score (nSPS) is 23.4. The van der Waals surface area contributed by atoms with E-state index in [0.717, 1.165) is 32.0 Å². The molecule has 1 aliphatic heterocycles. The van der Waals surface area contributed by atoms with E-state index >= 15 is 0 Å². The van der Waals surface area contributed by atoms with Crippen LogP contribution in [0.4, 0.5) is 0 Å². The maximum atomic E-state index is 11.7. The number of nitrogens with zero attached hydrogens (tertiary/aromatic N) is 2. The van der Waals surface area contributed by atoms with Crippen molar-refractivity contribution in [2.75, 3.05) is 39.0 Å². The Morgan fingerprint density at radius 3 is 2.44 bits per heavy atom. The Bertz CT molecular complexity index is 574. The van der Waals surface area contributed by atoms with E-state index in [1.165, 1.54) is 38.4 Å². The van der Waals surface area contributed by atoms with Crippen molar-refractivity contribution in [2.24, 2.45) is 22.2 Å². The first-order valence-electron chi connectivity index (χ1n) is 10.2. The van der Waals surface area contributed by atoms with Crippen LogP contribution >= 0.6 is 24.0 Å². The SMILES string of the molecule is CCNC(=NCC1(CC(C)C)CCCC1)NCC1CCN(S(C)(=O)=O)C1.I. The minimum absolute atomic E-state index is 0. The van der Waals surface area contributed by atoms with Crippen LogP contribution < -0.4 is 10.6 Å². The molecule has 1 saturated heterocycles. The second kappa shape index (κ2) is 11.2. The van der Waals surface area contributed by atoms with Crippen LogP contribution in [0.25, 0.3) is 0 Å². The lowest BCUT2D eigenvalue weighted by molar-refractivity contribution is 0.245. The summed E-state index contributed by atoms with van der Waals surface area (Å²) in [6.07, 6.45) is 8.70. The molecule has 0 bridgehead atoms. The van der Waals surface area contributed by atoms with Crippen LogP contribution in [0.5, 0.6) is 0 Å². The van der Waals surface area contributed by atoms with E-state index in [0.29, 0.717) is 30.3 Å². The van der Waals surface area contributed by atoms with Crippen molar-refractivity contribution in [1.29, 1.82) is 0 Å². The Hall–Kier alpha value is -0.0900. The molecule has 0 aromatic carbocycles. The fourth-order valence-electron chi connectivity index (χ4n) is 4.51. The molecule has 0 spiro atoms. The molecular formula is C19H39IN4O2S. The minimum Gasteiger partial charge on any atom is -0.357 e. The highest BCUT2D eigenvalue weighted by atomic mass is 127. The van der Waals surface area contributed by atoms with Gasteiger partial charge in [0.1, 0.15) is 0 Å². The molecule has 2 N–H and O–H groups in total. The van der Waals surface area contributed by atoms with Gasteiger partial charge in [0, 0.05) is 32.7 Å². The fourth-order valence-corrected chi connectivity index (χ4v) is 5.43. The fraction of sp³-hybridized carbons (Fsp3) is 0.947. The van der Waals surface area contributed by atoms with E-state index in [2.05, 4.69) is 31.4 Å². The monoisotopic (exact) mass is 514 g/mol. The van der Waals surface area contributed by atoms with E-state index in [-0.39, 0.29) is 24.0 Å². The van der Waals surface area contributed by atoms with Crippen LogP contribution in [-0.4, -0.2) is 57.7 Å². The van der Waals surface area contributed by atoms with Crippen molar-refractivity contribution in [2.45, 2.75) is 59.3 Å². The molecule has 1 aliphatic carbocycles. The molecule has 0 radical (unpaired) electrons. The van der Waals surface area contributed by atoms with Gasteiger partial charge in [-0.2, -0.15) is 0 Å². The Balaban J connectivity index is 0.00000364. The average molecular weight is 515 g/mol. The van der Waals surface area contributed by atoms with Crippen molar-refractivity contribution in [3.05, 3.63) is 0 Å². The lowest BCUT2D eigenvalue weighted by Gasteiger charge is -2.29. The molecule has 2 aliphatic rings. The van der Waals surface area contributed by atoms with Gasteiger partial charge in [-0.3, -0.25) is 4.99 Å². The first-order valence-corrected chi connectivity index (χ1v) is 12.1. The predicted molar refractivity (Wildman–Crippen MR) is 124 cm³/mol. The number of halogens is 1. The van der Waals surface area contributed by atoms with E-state index in [4.69, 9.17) is 4.99 Å². The Morgan fingerprint density at radius 1 is 1.26 bits per heavy atom. The number of sulfonamides is 1. The summed E-state index contributed by atoms with van der Waals surface area (Å²) < 4.78 is 24.9. The molecule has 1 atom stereocenters. The van der Waals surface area contributed by atoms with Gasteiger partial charge in [-0.25, -0.2) is 12.7 Å². The highest BCUT2D eigenvalue weighted by molar-refractivity contribution is 14.0. The maximum Gasteiger partial charge on any atom is 0.211 e. The topological polar surface area (TPSA) is 73.8 Å². The summed E-state index contributed by atoms with van der Waals surface area (Å²) in [5.41, 5.74) is 0.372. The van der Waals surface area contributed by atoms with Crippen molar-refractivity contribution >= 4 is 40.0 Å². The van der Waals surface area contributed by atoms with Gasteiger partial charge in [0.05, 0.1) is 6.26 Å². The summed E-state index contributed by atoms with van der Waals surface area (Å²) in [4.78, 5) is 4.91. The first kappa shape index (κ1) is 24.9. The predicted octanol–water partition coefficient (Wildman–Crippen LogP) is 3.05. The van der Waals surface area contributed by atoms with Gasteiger partial charge in [0.2, 0.25) is 10.0 Å². The smallest absolute Gasteiger partial charge is 0.211 e. The Morgan fingerprint density at radius 2 is 1.93 bits per heavy atom. The molecule has 160 valence electrons. The van der Waals surface area contributed by atoms with Gasteiger partial charge in [0.15, 0.2) is 5.96 Å². The van der Waals surface area contributed by atoms with Gasteiger partial charge < -0.3 is 10.6 Å². The van der Waals surface area contributed by atoms with E-state index in [1.54, 1.807) is 4.31 Å². The molecule has 0 aromatic heterocycles. The number of rotatable bonds is 8. The van der Waals surface area contributed by atoms with E-state index in [9.17, 15) is 8.42 Å². The van der Waals surface area contributed by atoms with Crippen LogP contribution in [0.2, 0.25) is 0 Å². The maximum absolute atomic E-state index is 11.7. The van der Waals surface area contributed by atoms with Crippen molar-refractivity contribution < 1.29 is 8.42 Å². The zero-order chi connectivity index (χ0) is 19.2. The summed E-state index contributed by atoms with van der Waals surface area (Å²) in [7, 11) is -3.07. The van der Waals surface area contributed by atoms with E-state index < -0.39 is 10.0 Å². The Labute approximate surface area is 183 Å². The van der Waals surface area contributed by atoms with E-state index in [1.807, 2.05) is 0 Å². The standard InChI is InChI=1S/C19H38N4O2S.HI/c1-5-20-18(21-13-17-8-11-23(14-17)26(4,24)25)22-15-19(12-16(2)3)9-6-7-10-19;/h16-17H,5-15H2,1-4H3,(H2,20,21,22);1H. The lowest BCUT2D eigenvalue weighted by atomic mass is 9.78. The molecule has 2 fully saturated rings. The number of hydrogen-bond acceptors (Lipinski definition) is 3. The minimum atomic E-state index is -3.07. The molecule has 6 nitrogen and oxygen atoms in total. The van der Waals surface area contributed by atoms with Gasteiger partial charge in [-0.05, 0) is 49.9 Å². The molecule has 2 rings (SSSR count). The summed E-state index contributed by atoms with van der Waals surface area (Å²) >= 11 is 0. The van der Waals surface area contributed by atoms with Gasteiger partial charge in [0.25, 0.3) is 0 Å². The van der Waals surface area contributed by atoms with Crippen LogP contribution in [0, 0.1) is 17.3 Å². The van der Waals surface area contributed by atoms with Crippen LogP contribution in [0.1, 0.15) is 59.3 Å². The van der Waals surface area contributed by atoms with Crippen molar-refractivity contribution in [3.8, 4) is 0 Å². The van der Waals surface area contributed by atoms with Crippen molar-refractivity contribution in [3.63, 3.8) is 0 Å². The van der Waals surface area contributed by atoms with Gasteiger partial charge in [-0.15, -0.1) is 24.0 Å². The quantitative estimate of drug-likeness (QED) is 0.297. The zero-order valence-corrected chi connectivity index (χ0v) is 20.6. The molecule has 8 heteroatoms. The summed E-state index contributed by atoms with van der Waals surface area (Å²) in [5.74, 6) is 1.93. The molecule has 1 saturated carbocycles. The average Bonchev–Trinajstić information content (AvgIpc) is 3.19. The van der Waals surface area contributed by atoms with Crippen LogP contribution in [0.15, 0.2) is 4.99 Å². The van der Waals surface area contributed by atoms with Crippen LogP contribution in [-0.2, 0) is 10.0 Å². The number of aliphatic imine (C=N–C) groups is 1. The number of hydrogen-bond donors (Lipinski definition) is 2. The van der Waals surface area contributed by atoms with Crippen molar-refractivity contribution in [1.82, 2.24) is 14.9 Å². The Kier molecular flexibility index (Phi) is 10.3. The molecule has 27 heavy (non-hydrogen) atoms.